The van der Waals surface area contributed by atoms with Gasteiger partial charge in [0, 0.05) is 28.7 Å². The summed E-state index contributed by atoms with van der Waals surface area (Å²) in [5.74, 6) is 0.686. The van der Waals surface area contributed by atoms with Crippen molar-refractivity contribution >= 4 is 10.9 Å². The van der Waals surface area contributed by atoms with Crippen molar-refractivity contribution in [2.75, 3.05) is 6.61 Å². The molecule has 0 unspecified atom stereocenters. The molecule has 0 aliphatic carbocycles. The van der Waals surface area contributed by atoms with Gasteiger partial charge in [-0.05, 0) is 54.8 Å². The van der Waals surface area contributed by atoms with E-state index >= 15 is 0 Å². The average Bonchev–Trinajstić information content (AvgIpc) is 3.04. The standard InChI is InChI=1S/C25H24FNO/c1-3-23-25(19-11-15-21(16-12-19)28-4-2)22-7-5-6-8-24(22)27(23)17-18-9-13-20(26)14-10-18/h5-16H,3-4,17H2,1-2H3. The van der Waals surface area contributed by atoms with Crippen LogP contribution in [0.3, 0.4) is 0 Å². The highest BCUT2D eigenvalue weighted by Crippen LogP contribution is 2.36. The second kappa shape index (κ2) is 7.89. The maximum Gasteiger partial charge on any atom is 0.123 e. The van der Waals surface area contributed by atoms with Crippen molar-refractivity contribution in [3.63, 3.8) is 0 Å². The molecule has 0 atom stereocenters. The first-order valence-electron chi connectivity index (χ1n) is 9.79. The number of rotatable bonds is 6. The van der Waals surface area contributed by atoms with E-state index in [4.69, 9.17) is 4.74 Å². The van der Waals surface area contributed by atoms with E-state index in [2.05, 4.69) is 47.9 Å². The summed E-state index contributed by atoms with van der Waals surface area (Å²) < 4.78 is 21.3. The van der Waals surface area contributed by atoms with Crippen molar-refractivity contribution in [3.05, 3.63) is 89.9 Å². The molecule has 0 N–H and O–H groups in total. The van der Waals surface area contributed by atoms with E-state index in [1.54, 1.807) is 0 Å². The predicted molar refractivity (Wildman–Crippen MR) is 113 cm³/mol. The fraction of sp³-hybridized carbons (Fsp3) is 0.200. The molecule has 0 bridgehead atoms. The first kappa shape index (κ1) is 18.3. The zero-order valence-electron chi connectivity index (χ0n) is 16.3. The summed E-state index contributed by atoms with van der Waals surface area (Å²) >= 11 is 0. The van der Waals surface area contributed by atoms with Gasteiger partial charge in [0.15, 0.2) is 0 Å². The Labute approximate surface area is 165 Å². The van der Waals surface area contributed by atoms with Crippen LogP contribution < -0.4 is 4.74 Å². The number of ether oxygens (including phenoxy) is 1. The molecule has 0 saturated carbocycles. The minimum absolute atomic E-state index is 0.202. The lowest BCUT2D eigenvalue weighted by Gasteiger charge is -2.12. The lowest BCUT2D eigenvalue weighted by atomic mass is 10.0. The van der Waals surface area contributed by atoms with Crippen LogP contribution in [0.5, 0.6) is 5.75 Å². The monoisotopic (exact) mass is 373 g/mol. The second-order valence-electron chi connectivity index (χ2n) is 6.86. The van der Waals surface area contributed by atoms with E-state index in [-0.39, 0.29) is 5.82 Å². The number of fused-ring (bicyclic) bond motifs is 1. The molecule has 3 aromatic carbocycles. The minimum atomic E-state index is -0.202. The molecule has 3 heteroatoms. The number of halogens is 1. The Morgan fingerprint density at radius 1 is 0.857 bits per heavy atom. The quantitative estimate of drug-likeness (QED) is 0.378. The molecule has 28 heavy (non-hydrogen) atoms. The van der Waals surface area contributed by atoms with E-state index in [9.17, 15) is 4.39 Å². The summed E-state index contributed by atoms with van der Waals surface area (Å²) in [6.07, 6.45) is 0.915. The van der Waals surface area contributed by atoms with E-state index in [1.165, 1.54) is 39.9 Å². The number of aromatic nitrogens is 1. The van der Waals surface area contributed by atoms with Crippen LogP contribution in [-0.2, 0) is 13.0 Å². The number of nitrogens with zero attached hydrogens (tertiary/aromatic N) is 1. The molecule has 0 aliphatic heterocycles. The number of benzene rings is 3. The molecule has 4 aromatic rings. The average molecular weight is 373 g/mol. The van der Waals surface area contributed by atoms with Gasteiger partial charge in [0.25, 0.3) is 0 Å². The number of hydrogen-bond donors (Lipinski definition) is 0. The number of para-hydroxylation sites is 1. The van der Waals surface area contributed by atoms with Gasteiger partial charge in [-0.25, -0.2) is 4.39 Å². The Morgan fingerprint density at radius 2 is 1.57 bits per heavy atom. The lowest BCUT2D eigenvalue weighted by Crippen LogP contribution is -2.04. The zero-order valence-corrected chi connectivity index (χ0v) is 16.3. The molecule has 142 valence electrons. The first-order valence-corrected chi connectivity index (χ1v) is 9.79. The van der Waals surface area contributed by atoms with Crippen molar-refractivity contribution in [1.29, 1.82) is 0 Å². The van der Waals surface area contributed by atoms with Crippen LogP contribution >= 0.6 is 0 Å². The molecule has 0 amide bonds. The van der Waals surface area contributed by atoms with Gasteiger partial charge in [-0.15, -0.1) is 0 Å². The van der Waals surface area contributed by atoms with E-state index in [0.717, 1.165) is 24.3 Å². The summed E-state index contributed by atoms with van der Waals surface area (Å²) in [6, 6.07) is 23.6. The van der Waals surface area contributed by atoms with Crippen molar-refractivity contribution in [1.82, 2.24) is 4.57 Å². The molecule has 1 heterocycles. The molecular weight excluding hydrogens is 349 g/mol. The van der Waals surface area contributed by atoms with Crippen LogP contribution in [0.2, 0.25) is 0 Å². The zero-order chi connectivity index (χ0) is 19.5. The van der Waals surface area contributed by atoms with Crippen LogP contribution in [0.4, 0.5) is 4.39 Å². The Hall–Kier alpha value is -3.07. The van der Waals surface area contributed by atoms with Gasteiger partial charge >= 0.3 is 0 Å². The van der Waals surface area contributed by atoms with E-state index < -0.39 is 0 Å². The molecule has 2 nitrogen and oxygen atoms in total. The summed E-state index contributed by atoms with van der Waals surface area (Å²) in [7, 11) is 0. The third-order valence-corrected chi connectivity index (χ3v) is 5.12. The minimum Gasteiger partial charge on any atom is -0.494 e. The topological polar surface area (TPSA) is 14.2 Å². The van der Waals surface area contributed by atoms with Crippen molar-refractivity contribution in [2.45, 2.75) is 26.8 Å². The molecular formula is C25H24FNO. The third kappa shape index (κ3) is 3.40. The first-order chi connectivity index (χ1) is 13.7. The van der Waals surface area contributed by atoms with Crippen LogP contribution in [0, 0.1) is 5.82 Å². The molecule has 0 saturated heterocycles. The van der Waals surface area contributed by atoms with Crippen molar-refractivity contribution in [3.8, 4) is 16.9 Å². The van der Waals surface area contributed by atoms with Gasteiger partial charge in [-0.3, -0.25) is 0 Å². The Morgan fingerprint density at radius 3 is 2.25 bits per heavy atom. The maximum absolute atomic E-state index is 13.3. The highest BCUT2D eigenvalue weighted by atomic mass is 19.1. The fourth-order valence-electron chi connectivity index (χ4n) is 3.88. The molecule has 0 fully saturated rings. The summed E-state index contributed by atoms with van der Waals surface area (Å²) in [5, 5.41) is 1.24. The molecule has 1 aromatic heterocycles. The van der Waals surface area contributed by atoms with Gasteiger partial charge in [0.1, 0.15) is 11.6 Å². The lowest BCUT2D eigenvalue weighted by molar-refractivity contribution is 0.340. The van der Waals surface area contributed by atoms with Crippen molar-refractivity contribution < 1.29 is 9.13 Å². The molecule has 0 spiro atoms. The van der Waals surface area contributed by atoms with Gasteiger partial charge in [0.2, 0.25) is 0 Å². The Balaban J connectivity index is 1.85. The van der Waals surface area contributed by atoms with Crippen LogP contribution in [0.1, 0.15) is 25.1 Å². The highest BCUT2D eigenvalue weighted by molar-refractivity contribution is 5.98. The van der Waals surface area contributed by atoms with Crippen LogP contribution in [0.15, 0.2) is 72.8 Å². The largest absolute Gasteiger partial charge is 0.494 e. The summed E-state index contributed by atoms with van der Waals surface area (Å²) in [5.41, 5.74) is 6.04. The molecule has 4 rings (SSSR count). The van der Waals surface area contributed by atoms with Gasteiger partial charge < -0.3 is 9.30 Å². The predicted octanol–water partition coefficient (Wildman–Crippen LogP) is 6.46. The van der Waals surface area contributed by atoms with Crippen LogP contribution in [-0.4, -0.2) is 11.2 Å². The smallest absolute Gasteiger partial charge is 0.123 e. The fourth-order valence-corrected chi connectivity index (χ4v) is 3.88. The molecule has 0 radical (unpaired) electrons. The second-order valence-corrected chi connectivity index (χ2v) is 6.86. The van der Waals surface area contributed by atoms with Crippen LogP contribution in [0.25, 0.3) is 22.0 Å². The summed E-state index contributed by atoms with van der Waals surface area (Å²) in [4.78, 5) is 0. The number of hydrogen-bond acceptors (Lipinski definition) is 1. The van der Waals surface area contributed by atoms with Gasteiger partial charge in [-0.2, -0.15) is 0 Å². The molecule has 0 aliphatic rings. The SMILES string of the molecule is CCOc1ccc(-c2c(CC)n(Cc3ccc(F)cc3)c3ccccc23)cc1. The van der Waals surface area contributed by atoms with E-state index in [0.29, 0.717) is 6.61 Å². The maximum atomic E-state index is 13.3. The van der Waals surface area contributed by atoms with Gasteiger partial charge in [-0.1, -0.05) is 49.4 Å². The van der Waals surface area contributed by atoms with E-state index in [1.807, 2.05) is 31.2 Å². The Kier molecular flexibility index (Phi) is 5.16. The Bertz CT molecular complexity index is 1080. The normalized spacial score (nSPS) is 11.1. The third-order valence-electron chi connectivity index (χ3n) is 5.12. The summed E-state index contributed by atoms with van der Waals surface area (Å²) in [6.45, 7) is 5.57. The highest BCUT2D eigenvalue weighted by Gasteiger charge is 2.17. The van der Waals surface area contributed by atoms with Gasteiger partial charge in [0.05, 0.1) is 6.61 Å². The van der Waals surface area contributed by atoms with Crippen molar-refractivity contribution in [2.24, 2.45) is 0 Å².